The zero-order valence-electron chi connectivity index (χ0n) is 12.7. The van der Waals surface area contributed by atoms with Crippen LogP contribution in [-0.4, -0.2) is 28.2 Å². The highest BCUT2D eigenvalue weighted by molar-refractivity contribution is 7.99. The van der Waals surface area contributed by atoms with Gasteiger partial charge in [-0.1, -0.05) is 24.3 Å². The standard InChI is InChI=1S/C17H17NO3S2/c1-23(20)11-12-5-4-6-13(9-12)18-17(19)15-10-22-16-8-3-2-7-14(16)21-15/h2-9,15H,10-11H2,1H3,(H,18,19)/t15-,23-/m1/s1. The monoisotopic (exact) mass is 347 g/mol. The summed E-state index contributed by atoms with van der Waals surface area (Å²) < 4.78 is 17.1. The Morgan fingerprint density at radius 3 is 2.96 bits per heavy atom. The molecule has 120 valence electrons. The number of para-hydroxylation sites is 1. The fraction of sp³-hybridized carbons (Fsp3) is 0.235. The first-order chi connectivity index (χ1) is 11.1. The van der Waals surface area contributed by atoms with Crippen molar-refractivity contribution in [2.75, 3.05) is 17.3 Å². The first kappa shape index (κ1) is 16.1. The minimum atomic E-state index is -0.907. The number of rotatable bonds is 4. The lowest BCUT2D eigenvalue weighted by Crippen LogP contribution is -2.36. The number of hydrogen-bond donors (Lipinski definition) is 1. The van der Waals surface area contributed by atoms with Crippen molar-refractivity contribution in [2.24, 2.45) is 0 Å². The van der Waals surface area contributed by atoms with Crippen LogP contribution >= 0.6 is 11.8 Å². The second-order valence-corrected chi connectivity index (χ2v) is 7.77. The van der Waals surface area contributed by atoms with Crippen LogP contribution in [0.5, 0.6) is 5.75 Å². The Morgan fingerprint density at radius 1 is 1.30 bits per heavy atom. The predicted octanol–water partition coefficient (Wildman–Crippen LogP) is 3.06. The summed E-state index contributed by atoms with van der Waals surface area (Å²) in [6.07, 6.45) is 1.15. The summed E-state index contributed by atoms with van der Waals surface area (Å²) in [6, 6.07) is 15.1. The van der Waals surface area contributed by atoms with Gasteiger partial charge < -0.3 is 10.1 Å². The summed E-state index contributed by atoms with van der Waals surface area (Å²) in [6.45, 7) is 0. The summed E-state index contributed by atoms with van der Waals surface area (Å²) in [5.74, 6) is 1.65. The average Bonchev–Trinajstić information content (AvgIpc) is 2.54. The highest BCUT2D eigenvalue weighted by Crippen LogP contribution is 2.35. The van der Waals surface area contributed by atoms with E-state index in [1.807, 2.05) is 48.5 Å². The van der Waals surface area contributed by atoms with Crippen molar-refractivity contribution in [3.63, 3.8) is 0 Å². The predicted molar refractivity (Wildman–Crippen MR) is 94.4 cm³/mol. The maximum atomic E-state index is 12.4. The van der Waals surface area contributed by atoms with E-state index in [0.29, 0.717) is 17.2 Å². The fourth-order valence-electron chi connectivity index (χ4n) is 2.35. The van der Waals surface area contributed by atoms with Crippen LogP contribution in [0.2, 0.25) is 0 Å². The molecule has 6 heteroatoms. The number of nitrogens with one attached hydrogen (secondary N) is 1. The zero-order chi connectivity index (χ0) is 16.2. The van der Waals surface area contributed by atoms with Crippen molar-refractivity contribution in [3.05, 3.63) is 54.1 Å². The quantitative estimate of drug-likeness (QED) is 0.923. The molecule has 23 heavy (non-hydrogen) atoms. The molecule has 1 N–H and O–H groups in total. The second kappa shape index (κ2) is 7.19. The summed E-state index contributed by atoms with van der Waals surface area (Å²) in [4.78, 5) is 13.5. The molecule has 0 fully saturated rings. The normalized spacial score (nSPS) is 17.7. The van der Waals surface area contributed by atoms with Crippen molar-refractivity contribution >= 4 is 34.2 Å². The highest BCUT2D eigenvalue weighted by atomic mass is 32.2. The molecule has 0 unspecified atom stereocenters. The molecule has 1 heterocycles. The number of thioether (sulfide) groups is 1. The molecule has 2 atom stereocenters. The lowest BCUT2D eigenvalue weighted by atomic mass is 10.2. The van der Waals surface area contributed by atoms with E-state index < -0.39 is 16.9 Å². The lowest BCUT2D eigenvalue weighted by molar-refractivity contribution is -0.122. The van der Waals surface area contributed by atoms with Crippen molar-refractivity contribution in [1.82, 2.24) is 0 Å². The molecule has 1 aliphatic heterocycles. The molecule has 0 radical (unpaired) electrons. The topological polar surface area (TPSA) is 55.4 Å². The molecular formula is C17H17NO3S2. The van der Waals surface area contributed by atoms with Crippen LogP contribution in [0.4, 0.5) is 5.69 Å². The van der Waals surface area contributed by atoms with Crippen LogP contribution in [0.3, 0.4) is 0 Å². The van der Waals surface area contributed by atoms with E-state index in [2.05, 4.69) is 5.32 Å². The molecular weight excluding hydrogens is 330 g/mol. The van der Waals surface area contributed by atoms with Crippen molar-refractivity contribution in [1.29, 1.82) is 0 Å². The highest BCUT2D eigenvalue weighted by Gasteiger charge is 2.26. The smallest absolute Gasteiger partial charge is 0.266 e. The molecule has 0 saturated heterocycles. The summed E-state index contributed by atoms with van der Waals surface area (Å²) in [7, 11) is -0.907. The van der Waals surface area contributed by atoms with Crippen LogP contribution in [0.1, 0.15) is 5.56 Å². The van der Waals surface area contributed by atoms with E-state index in [9.17, 15) is 9.00 Å². The van der Waals surface area contributed by atoms with E-state index in [0.717, 1.165) is 16.2 Å². The van der Waals surface area contributed by atoms with E-state index in [-0.39, 0.29) is 5.91 Å². The number of anilines is 1. The molecule has 1 aliphatic rings. The van der Waals surface area contributed by atoms with Gasteiger partial charge in [0.1, 0.15) is 5.75 Å². The van der Waals surface area contributed by atoms with E-state index in [1.165, 1.54) is 0 Å². The van der Waals surface area contributed by atoms with Gasteiger partial charge in [0.25, 0.3) is 5.91 Å². The van der Waals surface area contributed by atoms with Crippen LogP contribution in [0.15, 0.2) is 53.4 Å². The van der Waals surface area contributed by atoms with E-state index in [1.54, 1.807) is 18.0 Å². The molecule has 0 bridgehead atoms. The Balaban J connectivity index is 1.67. The molecule has 4 nitrogen and oxygen atoms in total. The molecule has 3 rings (SSSR count). The maximum Gasteiger partial charge on any atom is 0.266 e. The Bertz CT molecular complexity index is 748. The third-order valence-electron chi connectivity index (χ3n) is 3.37. The van der Waals surface area contributed by atoms with E-state index in [4.69, 9.17) is 4.74 Å². The second-order valence-electron chi connectivity index (χ2n) is 5.27. The molecule has 0 spiro atoms. The molecule has 0 saturated carbocycles. The Hall–Kier alpha value is -1.79. The minimum absolute atomic E-state index is 0.165. The van der Waals surface area contributed by atoms with Crippen LogP contribution in [0.25, 0.3) is 0 Å². The number of benzene rings is 2. The van der Waals surface area contributed by atoms with Gasteiger partial charge in [-0.2, -0.15) is 0 Å². The van der Waals surface area contributed by atoms with Crippen molar-refractivity contribution in [3.8, 4) is 5.75 Å². The summed E-state index contributed by atoms with van der Waals surface area (Å²) in [5.41, 5.74) is 1.64. The lowest BCUT2D eigenvalue weighted by Gasteiger charge is -2.24. The van der Waals surface area contributed by atoms with Gasteiger partial charge in [-0.05, 0) is 29.8 Å². The number of carbonyl (C=O) groups excluding carboxylic acids is 1. The number of hydrogen-bond acceptors (Lipinski definition) is 4. The van der Waals surface area contributed by atoms with Gasteiger partial charge in [-0.3, -0.25) is 9.00 Å². The molecule has 0 aliphatic carbocycles. The van der Waals surface area contributed by atoms with Gasteiger partial charge in [0.15, 0.2) is 6.10 Å². The summed E-state index contributed by atoms with van der Waals surface area (Å²) in [5, 5.41) is 2.88. The number of amides is 1. The Morgan fingerprint density at radius 2 is 2.13 bits per heavy atom. The largest absolute Gasteiger partial charge is 0.479 e. The average molecular weight is 347 g/mol. The van der Waals surface area contributed by atoms with Crippen molar-refractivity contribution < 1.29 is 13.7 Å². The summed E-state index contributed by atoms with van der Waals surface area (Å²) >= 11 is 1.62. The van der Waals surface area contributed by atoms with Crippen LogP contribution in [-0.2, 0) is 21.3 Å². The first-order valence-electron chi connectivity index (χ1n) is 7.20. The van der Waals surface area contributed by atoms with Gasteiger partial charge in [0.05, 0.1) is 0 Å². The van der Waals surface area contributed by atoms with Gasteiger partial charge >= 0.3 is 0 Å². The van der Waals surface area contributed by atoms with Crippen molar-refractivity contribution in [2.45, 2.75) is 16.8 Å². The number of ether oxygens (including phenoxy) is 1. The van der Waals surface area contributed by atoms with Crippen LogP contribution < -0.4 is 10.1 Å². The molecule has 0 aromatic heterocycles. The SMILES string of the molecule is C[S@@](=O)Cc1cccc(NC(=O)[C@H]2CSc3ccccc3O2)c1. The van der Waals surface area contributed by atoms with Crippen LogP contribution in [0, 0.1) is 0 Å². The van der Waals surface area contributed by atoms with E-state index >= 15 is 0 Å². The third kappa shape index (κ3) is 4.14. The Labute approximate surface area is 142 Å². The maximum absolute atomic E-state index is 12.4. The first-order valence-corrected chi connectivity index (χ1v) is 9.91. The number of carbonyl (C=O) groups is 1. The number of fused-ring (bicyclic) bond motifs is 1. The fourth-order valence-corrected chi connectivity index (χ4v) is 3.98. The van der Waals surface area contributed by atoms with Gasteiger partial charge in [-0.15, -0.1) is 11.8 Å². The molecule has 2 aromatic carbocycles. The Kier molecular flexibility index (Phi) is 5.03. The third-order valence-corrected chi connectivity index (χ3v) is 5.22. The molecule has 2 aromatic rings. The minimum Gasteiger partial charge on any atom is -0.479 e. The molecule has 1 amide bonds. The van der Waals surface area contributed by atoms with Gasteiger partial charge in [-0.25, -0.2) is 0 Å². The zero-order valence-corrected chi connectivity index (χ0v) is 14.3. The van der Waals surface area contributed by atoms with Gasteiger partial charge in [0.2, 0.25) is 0 Å². The van der Waals surface area contributed by atoms with Gasteiger partial charge in [0, 0.05) is 39.1 Å².